The van der Waals surface area contributed by atoms with Crippen molar-refractivity contribution in [2.24, 2.45) is 0 Å². The molecule has 0 bridgehead atoms. The number of carbonyl (C=O) groups excluding carboxylic acids is 1. The second kappa shape index (κ2) is 6.68. The Kier molecular flexibility index (Phi) is 4.93. The molecule has 1 fully saturated rings. The molecule has 1 saturated heterocycles. The highest BCUT2D eigenvalue weighted by atomic mass is 16.5. The zero-order chi connectivity index (χ0) is 13.7. The Morgan fingerprint density at radius 1 is 1.42 bits per heavy atom. The van der Waals surface area contributed by atoms with E-state index < -0.39 is 0 Å². The van der Waals surface area contributed by atoms with Gasteiger partial charge in [0.15, 0.2) is 5.78 Å². The first-order valence-electron chi connectivity index (χ1n) is 6.74. The van der Waals surface area contributed by atoms with Crippen LogP contribution in [0.3, 0.4) is 0 Å². The molecule has 4 nitrogen and oxygen atoms in total. The lowest BCUT2D eigenvalue weighted by Crippen LogP contribution is -2.36. The van der Waals surface area contributed by atoms with E-state index in [2.05, 4.69) is 4.90 Å². The van der Waals surface area contributed by atoms with Crippen molar-refractivity contribution in [1.29, 1.82) is 0 Å². The molecule has 0 aromatic heterocycles. The smallest absolute Gasteiger partial charge is 0.176 e. The first kappa shape index (κ1) is 14.0. The second-order valence-corrected chi connectivity index (χ2v) is 4.81. The summed E-state index contributed by atoms with van der Waals surface area (Å²) in [5.74, 6) is 0.939. The van der Waals surface area contributed by atoms with Gasteiger partial charge >= 0.3 is 0 Å². The van der Waals surface area contributed by atoms with Crippen LogP contribution in [0.5, 0.6) is 5.75 Å². The van der Waals surface area contributed by atoms with Gasteiger partial charge in [-0.15, -0.1) is 0 Å². The minimum absolute atomic E-state index is 0.137. The van der Waals surface area contributed by atoms with Gasteiger partial charge in [-0.1, -0.05) is 0 Å². The van der Waals surface area contributed by atoms with Crippen molar-refractivity contribution >= 4 is 5.78 Å². The molecule has 0 N–H and O–H groups in total. The van der Waals surface area contributed by atoms with E-state index >= 15 is 0 Å². The Hall–Kier alpha value is -1.39. The van der Waals surface area contributed by atoms with Gasteiger partial charge < -0.3 is 9.47 Å². The Morgan fingerprint density at radius 2 is 2.16 bits per heavy atom. The van der Waals surface area contributed by atoms with Crippen LogP contribution in [0, 0.1) is 0 Å². The Balaban J connectivity index is 1.91. The van der Waals surface area contributed by atoms with Gasteiger partial charge in [0.25, 0.3) is 0 Å². The molecule has 0 spiro atoms. The van der Waals surface area contributed by atoms with Crippen LogP contribution in [0.4, 0.5) is 0 Å². The molecule has 19 heavy (non-hydrogen) atoms. The number of hydrogen-bond acceptors (Lipinski definition) is 4. The molecule has 104 valence electrons. The fraction of sp³-hybridized carbons (Fsp3) is 0.533. The summed E-state index contributed by atoms with van der Waals surface area (Å²) >= 11 is 0. The summed E-state index contributed by atoms with van der Waals surface area (Å²) in [5.41, 5.74) is 0.731. The maximum absolute atomic E-state index is 12.2. The topological polar surface area (TPSA) is 38.8 Å². The van der Waals surface area contributed by atoms with Crippen LogP contribution in [0.25, 0.3) is 0 Å². The first-order chi connectivity index (χ1) is 9.20. The zero-order valence-electron chi connectivity index (χ0n) is 11.6. The van der Waals surface area contributed by atoms with Crippen molar-refractivity contribution in [3.8, 4) is 5.75 Å². The van der Waals surface area contributed by atoms with Gasteiger partial charge in [0, 0.05) is 18.2 Å². The summed E-state index contributed by atoms with van der Waals surface area (Å²) in [5, 5.41) is 0. The predicted molar refractivity (Wildman–Crippen MR) is 73.8 cm³/mol. The van der Waals surface area contributed by atoms with Gasteiger partial charge in [0.1, 0.15) is 5.75 Å². The number of ether oxygens (including phenoxy) is 2. The van der Waals surface area contributed by atoms with E-state index in [1.807, 2.05) is 38.2 Å². The second-order valence-electron chi connectivity index (χ2n) is 4.81. The summed E-state index contributed by atoms with van der Waals surface area (Å²) < 4.78 is 10.7. The lowest BCUT2D eigenvalue weighted by molar-refractivity contribution is 0.0907. The Bertz CT molecular complexity index is 410. The monoisotopic (exact) mass is 263 g/mol. The predicted octanol–water partition coefficient (Wildman–Crippen LogP) is 1.99. The van der Waals surface area contributed by atoms with Gasteiger partial charge in [-0.25, -0.2) is 0 Å². The molecular weight excluding hydrogens is 242 g/mol. The molecule has 0 saturated carbocycles. The molecule has 1 aromatic rings. The number of Topliss-reactive ketones (excluding diaryl/α,β-unsaturated/α-hetero) is 1. The van der Waals surface area contributed by atoms with Gasteiger partial charge in [-0.05, 0) is 44.7 Å². The van der Waals surface area contributed by atoms with Crippen LogP contribution in [-0.4, -0.2) is 50.1 Å². The number of likely N-dealkylation sites (N-methyl/N-ethyl adjacent to an activating group) is 1. The van der Waals surface area contributed by atoms with Crippen molar-refractivity contribution < 1.29 is 14.3 Å². The van der Waals surface area contributed by atoms with E-state index in [-0.39, 0.29) is 5.78 Å². The number of carbonyl (C=O) groups is 1. The molecule has 1 aliphatic heterocycles. The quantitative estimate of drug-likeness (QED) is 0.736. The highest BCUT2D eigenvalue weighted by Crippen LogP contribution is 2.14. The molecule has 1 atom stereocenters. The van der Waals surface area contributed by atoms with E-state index in [0.29, 0.717) is 19.2 Å². The van der Waals surface area contributed by atoms with E-state index in [9.17, 15) is 4.79 Å². The minimum atomic E-state index is 0.137. The number of nitrogens with zero attached hydrogens (tertiary/aromatic N) is 1. The molecule has 1 aromatic carbocycles. The van der Waals surface area contributed by atoms with Crippen LogP contribution in [-0.2, 0) is 4.74 Å². The third kappa shape index (κ3) is 3.78. The van der Waals surface area contributed by atoms with Crippen LogP contribution in [0.15, 0.2) is 24.3 Å². The maximum atomic E-state index is 12.2. The molecule has 1 heterocycles. The Labute approximate surface area is 114 Å². The van der Waals surface area contributed by atoms with Crippen molar-refractivity contribution in [1.82, 2.24) is 4.90 Å². The van der Waals surface area contributed by atoms with E-state index in [4.69, 9.17) is 9.47 Å². The molecule has 0 amide bonds. The van der Waals surface area contributed by atoms with E-state index in [1.54, 1.807) is 0 Å². The fourth-order valence-corrected chi connectivity index (χ4v) is 2.22. The fourth-order valence-electron chi connectivity index (χ4n) is 2.22. The molecule has 0 radical (unpaired) electrons. The van der Waals surface area contributed by atoms with Crippen molar-refractivity contribution in [2.45, 2.75) is 19.4 Å². The SMILES string of the molecule is CCOc1ccc(C(=O)CN(C)C2CCOC2)cc1. The molecule has 1 aliphatic rings. The average molecular weight is 263 g/mol. The highest BCUT2D eigenvalue weighted by Gasteiger charge is 2.22. The lowest BCUT2D eigenvalue weighted by atomic mass is 10.1. The summed E-state index contributed by atoms with van der Waals surface area (Å²) in [6, 6.07) is 7.70. The lowest BCUT2D eigenvalue weighted by Gasteiger charge is -2.21. The normalized spacial score (nSPS) is 18.8. The molecular formula is C15H21NO3. The van der Waals surface area contributed by atoms with E-state index in [1.165, 1.54) is 0 Å². The minimum Gasteiger partial charge on any atom is -0.494 e. The average Bonchev–Trinajstić information content (AvgIpc) is 2.94. The summed E-state index contributed by atoms with van der Waals surface area (Å²) in [6.07, 6.45) is 1.01. The largest absolute Gasteiger partial charge is 0.494 e. The molecule has 2 rings (SSSR count). The van der Waals surface area contributed by atoms with Crippen molar-refractivity contribution in [3.63, 3.8) is 0 Å². The van der Waals surface area contributed by atoms with Gasteiger partial charge in [0.05, 0.1) is 19.8 Å². The van der Waals surface area contributed by atoms with Gasteiger partial charge in [0.2, 0.25) is 0 Å². The standard InChI is InChI=1S/C15H21NO3/c1-3-19-14-6-4-12(5-7-14)15(17)10-16(2)13-8-9-18-11-13/h4-7,13H,3,8-11H2,1-2H3. The van der Waals surface area contributed by atoms with Crippen molar-refractivity contribution in [2.75, 3.05) is 33.4 Å². The number of ketones is 1. The Morgan fingerprint density at radius 3 is 2.74 bits per heavy atom. The molecule has 1 unspecified atom stereocenters. The van der Waals surface area contributed by atoms with Crippen LogP contribution >= 0.6 is 0 Å². The summed E-state index contributed by atoms with van der Waals surface area (Å²) in [6.45, 7) is 4.54. The summed E-state index contributed by atoms with van der Waals surface area (Å²) in [7, 11) is 1.98. The van der Waals surface area contributed by atoms with Crippen LogP contribution in [0.1, 0.15) is 23.7 Å². The third-order valence-electron chi connectivity index (χ3n) is 3.41. The number of hydrogen-bond donors (Lipinski definition) is 0. The van der Waals surface area contributed by atoms with Gasteiger partial charge in [-0.3, -0.25) is 9.69 Å². The van der Waals surface area contributed by atoms with Crippen molar-refractivity contribution in [3.05, 3.63) is 29.8 Å². The van der Waals surface area contributed by atoms with Crippen LogP contribution < -0.4 is 4.74 Å². The number of benzene rings is 1. The van der Waals surface area contributed by atoms with Gasteiger partial charge in [-0.2, -0.15) is 0 Å². The maximum Gasteiger partial charge on any atom is 0.176 e. The zero-order valence-corrected chi connectivity index (χ0v) is 11.6. The molecule has 0 aliphatic carbocycles. The van der Waals surface area contributed by atoms with Crippen LogP contribution in [0.2, 0.25) is 0 Å². The third-order valence-corrected chi connectivity index (χ3v) is 3.41. The summed E-state index contributed by atoms with van der Waals surface area (Å²) in [4.78, 5) is 14.2. The highest BCUT2D eigenvalue weighted by molar-refractivity contribution is 5.97. The first-order valence-corrected chi connectivity index (χ1v) is 6.74. The van der Waals surface area contributed by atoms with E-state index in [0.717, 1.165) is 30.9 Å². The molecule has 4 heteroatoms. The number of rotatable bonds is 6.